The van der Waals surface area contributed by atoms with Crippen molar-refractivity contribution in [2.75, 3.05) is 0 Å². The molecule has 0 fully saturated rings. The Morgan fingerprint density at radius 3 is 2.21 bits per heavy atom. The molecule has 2 rings (SSSR count). The molecule has 1 aromatic heterocycles. The molecule has 0 bridgehead atoms. The van der Waals surface area contributed by atoms with Gasteiger partial charge in [-0.2, -0.15) is 0 Å². The summed E-state index contributed by atoms with van der Waals surface area (Å²) in [6.07, 6.45) is 0.930. The zero-order chi connectivity index (χ0) is 14.0. The van der Waals surface area contributed by atoms with Gasteiger partial charge in [0.05, 0.1) is 0 Å². The zero-order valence-corrected chi connectivity index (χ0v) is 12.1. The second kappa shape index (κ2) is 5.32. The second-order valence-electron chi connectivity index (χ2n) is 5.69. The Hall–Kier alpha value is -1.38. The molecule has 1 N–H and O–H groups in total. The quantitative estimate of drug-likeness (QED) is 0.837. The van der Waals surface area contributed by atoms with Gasteiger partial charge in [0.25, 0.3) is 0 Å². The molecule has 1 unspecified atom stereocenters. The van der Waals surface area contributed by atoms with Gasteiger partial charge in [-0.1, -0.05) is 56.6 Å². The molecule has 1 atom stereocenters. The fraction of sp³-hybridized carbons (Fsp3) is 0.312. The Morgan fingerprint density at radius 1 is 1.05 bits per heavy atom. The van der Waals surface area contributed by atoms with Crippen LogP contribution in [0.25, 0.3) is 0 Å². The van der Waals surface area contributed by atoms with Crippen LogP contribution in [0.15, 0.2) is 42.6 Å². The number of halogens is 1. The van der Waals surface area contributed by atoms with Crippen LogP contribution in [0.4, 0.5) is 0 Å². The van der Waals surface area contributed by atoms with Gasteiger partial charge in [-0.25, -0.2) is 4.98 Å². The summed E-state index contributed by atoms with van der Waals surface area (Å²) in [5, 5.41) is 10.7. The summed E-state index contributed by atoms with van der Waals surface area (Å²) in [5.74, 6) is 0. The van der Waals surface area contributed by atoms with E-state index < -0.39 is 6.10 Å². The van der Waals surface area contributed by atoms with Crippen LogP contribution >= 0.6 is 11.6 Å². The van der Waals surface area contributed by atoms with Gasteiger partial charge in [0, 0.05) is 6.20 Å². The van der Waals surface area contributed by atoms with Crippen LogP contribution in [0.1, 0.15) is 43.6 Å². The molecule has 0 aliphatic carbocycles. The Labute approximate surface area is 119 Å². The van der Waals surface area contributed by atoms with E-state index in [0.717, 1.165) is 11.1 Å². The van der Waals surface area contributed by atoms with E-state index in [2.05, 4.69) is 37.9 Å². The first-order valence-corrected chi connectivity index (χ1v) is 6.66. The van der Waals surface area contributed by atoms with E-state index in [1.165, 1.54) is 5.56 Å². The van der Waals surface area contributed by atoms with Crippen LogP contribution in [0.2, 0.25) is 5.15 Å². The van der Waals surface area contributed by atoms with E-state index in [-0.39, 0.29) is 5.41 Å². The number of nitrogens with zero attached hydrogens (tertiary/aromatic N) is 1. The monoisotopic (exact) mass is 275 g/mol. The fourth-order valence-electron chi connectivity index (χ4n) is 1.95. The van der Waals surface area contributed by atoms with Crippen LogP contribution in [-0.4, -0.2) is 10.1 Å². The first-order chi connectivity index (χ1) is 8.88. The lowest BCUT2D eigenvalue weighted by Gasteiger charge is -2.20. The molecule has 19 heavy (non-hydrogen) atoms. The normalized spacial score (nSPS) is 13.3. The number of benzene rings is 1. The van der Waals surface area contributed by atoms with Gasteiger partial charge >= 0.3 is 0 Å². The van der Waals surface area contributed by atoms with Gasteiger partial charge in [0.1, 0.15) is 11.3 Å². The minimum Gasteiger partial charge on any atom is -0.384 e. The third-order valence-corrected chi connectivity index (χ3v) is 3.37. The van der Waals surface area contributed by atoms with Crippen LogP contribution < -0.4 is 0 Å². The highest BCUT2D eigenvalue weighted by atomic mass is 35.5. The number of aliphatic hydroxyl groups excluding tert-OH is 1. The number of hydrogen-bond donors (Lipinski definition) is 1. The molecule has 1 heterocycles. The van der Waals surface area contributed by atoms with Crippen molar-refractivity contribution in [2.24, 2.45) is 0 Å². The van der Waals surface area contributed by atoms with Gasteiger partial charge in [0.2, 0.25) is 0 Å². The largest absolute Gasteiger partial charge is 0.384 e. The third kappa shape index (κ3) is 3.34. The van der Waals surface area contributed by atoms with Gasteiger partial charge in [-0.3, -0.25) is 0 Å². The predicted octanol–water partition coefficient (Wildman–Crippen LogP) is 4.11. The lowest BCUT2D eigenvalue weighted by Crippen LogP contribution is -2.11. The average Bonchev–Trinajstić information content (AvgIpc) is 2.37. The van der Waals surface area contributed by atoms with Gasteiger partial charge in [0.15, 0.2) is 0 Å². The molecule has 0 saturated carbocycles. The highest BCUT2D eigenvalue weighted by molar-refractivity contribution is 6.29. The summed E-state index contributed by atoms with van der Waals surface area (Å²) in [5.41, 5.74) is 2.97. The number of aliphatic hydroxyl groups is 1. The first-order valence-electron chi connectivity index (χ1n) is 6.28. The molecule has 0 spiro atoms. The molecule has 0 saturated heterocycles. The lowest BCUT2D eigenvalue weighted by atomic mass is 9.86. The van der Waals surface area contributed by atoms with E-state index in [1.807, 2.05) is 12.1 Å². The summed E-state index contributed by atoms with van der Waals surface area (Å²) in [6.45, 7) is 6.50. The first kappa shape index (κ1) is 14.0. The molecule has 2 aromatic rings. The lowest BCUT2D eigenvalue weighted by molar-refractivity contribution is 0.220. The summed E-state index contributed by atoms with van der Waals surface area (Å²) >= 11 is 5.84. The van der Waals surface area contributed by atoms with Crippen molar-refractivity contribution in [3.8, 4) is 0 Å². The van der Waals surface area contributed by atoms with E-state index in [4.69, 9.17) is 11.6 Å². The van der Waals surface area contributed by atoms with E-state index in [9.17, 15) is 5.11 Å². The van der Waals surface area contributed by atoms with Crippen molar-refractivity contribution >= 4 is 11.6 Å². The summed E-state index contributed by atoms with van der Waals surface area (Å²) in [6, 6.07) is 11.5. The fourth-order valence-corrected chi connectivity index (χ4v) is 2.13. The SMILES string of the molecule is CC(C)(C)c1ccc(C(O)c2ccnc(Cl)c2)cc1. The summed E-state index contributed by atoms with van der Waals surface area (Å²) in [4.78, 5) is 3.92. The Balaban J connectivity index is 2.27. The maximum atomic E-state index is 10.3. The smallest absolute Gasteiger partial charge is 0.129 e. The summed E-state index contributed by atoms with van der Waals surface area (Å²) in [7, 11) is 0. The molecule has 0 aliphatic heterocycles. The van der Waals surface area contributed by atoms with Crippen LogP contribution in [0.5, 0.6) is 0 Å². The van der Waals surface area contributed by atoms with E-state index in [0.29, 0.717) is 5.15 Å². The van der Waals surface area contributed by atoms with Crippen molar-refractivity contribution in [1.82, 2.24) is 4.98 Å². The van der Waals surface area contributed by atoms with Crippen LogP contribution in [0, 0.1) is 0 Å². The third-order valence-electron chi connectivity index (χ3n) is 3.16. The molecule has 0 aliphatic rings. The Morgan fingerprint density at radius 2 is 1.68 bits per heavy atom. The number of aromatic nitrogens is 1. The van der Waals surface area contributed by atoms with Gasteiger partial charge in [-0.05, 0) is 34.2 Å². The van der Waals surface area contributed by atoms with Crippen molar-refractivity contribution in [3.63, 3.8) is 0 Å². The molecule has 0 amide bonds. The average molecular weight is 276 g/mol. The molecular weight excluding hydrogens is 258 g/mol. The zero-order valence-electron chi connectivity index (χ0n) is 11.4. The van der Waals surface area contributed by atoms with Gasteiger partial charge < -0.3 is 5.11 Å². The maximum Gasteiger partial charge on any atom is 0.129 e. The maximum absolute atomic E-state index is 10.3. The Kier molecular flexibility index (Phi) is 3.93. The molecule has 100 valence electrons. The van der Waals surface area contributed by atoms with Crippen molar-refractivity contribution in [1.29, 1.82) is 0 Å². The van der Waals surface area contributed by atoms with Crippen molar-refractivity contribution < 1.29 is 5.11 Å². The second-order valence-corrected chi connectivity index (χ2v) is 6.07. The van der Waals surface area contributed by atoms with Crippen LogP contribution in [0.3, 0.4) is 0 Å². The standard InChI is InChI=1S/C16H18ClNO/c1-16(2,3)13-6-4-11(5-7-13)15(19)12-8-9-18-14(17)10-12/h4-10,15,19H,1-3H3. The highest BCUT2D eigenvalue weighted by Crippen LogP contribution is 2.27. The van der Waals surface area contributed by atoms with Crippen molar-refractivity contribution in [2.45, 2.75) is 32.3 Å². The molecule has 2 nitrogen and oxygen atoms in total. The van der Waals surface area contributed by atoms with Crippen LogP contribution in [-0.2, 0) is 5.41 Å². The van der Waals surface area contributed by atoms with Crippen molar-refractivity contribution in [3.05, 3.63) is 64.4 Å². The molecule has 1 aromatic carbocycles. The summed E-state index contributed by atoms with van der Waals surface area (Å²) < 4.78 is 0. The van der Waals surface area contributed by atoms with Gasteiger partial charge in [-0.15, -0.1) is 0 Å². The minimum absolute atomic E-state index is 0.115. The Bertz CT molecular complexity index is 558. The minimum atomic E-state index is -0.672. The number of rotatable bonds is 2. The molecule has 3 heteroatoms. The predicted molar refractivity (Wildman–Crippen MR) is 78.5 cm³/mol. The molecule has 0 radical (unpaired) electrons. The number of hydrogen-bond acceptors (Lipinski definition) is 2. The number of pyridine rings is 1. The topological polar surface area (TPSA) is 33.1 Å². The highest BCUT2D eigenvalue weighted by Gasteiger charge is 2.15. The molecular formula is C16H18ClNO. The van der Waals surface area contributed by atoms with E-state index >= 15 is 0 Å². The van der Waals surface area contributed by atoms with E-state index in [1.54, 1.807) is 18.3 Å².